The Hall–Kier alpha value is -2.55. The summed E-state index contributed by atoms with van der Waals surface area (Å²) in [6.07, 6.45) is 11.9. The van der Waals surface area contributed by atoms with Crippen molar-refractivity contribution in [3.05, 3.63) is 70.3 Å². The Morgan fingerprint density at radius 2 is 1.91 bits per heavy atom. The molecule has 2 aliphatic heterocycles. The van der Waals surface area contributed by atoms with Crippen LogP contribution in [0.5, 0.6) is 5.75 Å². The van der Waals surface area contributed by atoms with Crippen molar-refractivity contribution in [2.45, 2.75) is 77.1 Å². The van der Waals surface area contributed by atoms with Gasteiger partial charge in [0.15, 0.2) is 0 Å². The Bertz CT molecular complexity index is 1430. The number of carbonyl (C=O) groups is 1. The first kappa shape index (κ1) is 31.9. The Labute approximate surface area is 261 Å². The number of hydrogen-bond donors (Lipinski definition) is 2. The van der Waals surface area contributed by atoms with Crippen LogP contribution in [-0.4, -0.2) is 44.4 Å². The number of nitrogens with zero attached hydrogens (tertiary/aromatic N) is 1. The number of aliphatic hydroxyl groups excluding tert-OH is 1. The summed E-state index contributed by atoms with van der Waals surface area (Å²) in [6.45, 7) is 5.74. The number of aliphatic hydroxyl groups is 1. The van der Waals surface area contributed by atoms with Crippen molar-refractivity contribution in [1.82, 2.24) is 4.72 Å². The molecule has 2 bridgehead atoms. The molecular weight excluding hydrogens is 584 g/mol. The van der Waals surface area contributed by atoms with Crippen LogP contribution >= 0.6 is 11.6 Å². The number of carbonyl (C=O) groups excluding carboxylic acids is 1. The zero-order valence-corrected chi connectivity index (χ0v) is 26.9. The fraction of sp³-hybridized carbons (Fsp3) is 0.559. The predicted molar refractivity (Wildman–Crippen MR) is 172 cm³/mol. The van der Waals surface area contributed by atoms with E-state index in [-0.39, 0.29) is 18.4 Å². The lowest BCUT2D eigenvalue weighted by atomic mass is 9.72. The predicted octanol–water partition coefficient (Wildman–Crippen LogP) is 6.52. The molecule has 0 spiro atoms. The maximum absolute atomic E-state index is 13.4. The molecule has 0 saturated heterocycles. The van der Waals surface area contributed by atoms with Crippen molar-refractivity contribution in [2.75, 3.05) is 24.6 Å². The summed E-state index contributed by atoms with van der Waals surface area (Å²) in [5.74, 6) is 0.984. The van der Waals surface area contributed by atoms with E-state index in [4.69, 9.17) is 16.3 Å². The Morgan fingerprint density at radius 3 is 2.67 bits per heavy atom. The van der Waals surface area contributed by atoms with E-state index in [0.29, 0.717) is 42.6 Å². The molecule has 0 aromatic heterocycles. The van der Waals surface area contributed by atoms with Gasteiger partial charge in [-0.05, 0) is 123 Å². The first-order valence-corrected chi connectivity index (χ1v) is 17.7. The number of nitrogens with one attached hydrogen (secondary N) is 1. The van der Waals surface area contributed by atoms with Crippen molar-refractivity contribution in [3.63, 3.8) is 0 Å². The second-order valence-corrected chi connectivity index (χ2v) is 15.2. The minimum absolute atomic E-state index is 0.115. The molecule has 2 aromatic carbocycles. The molecule has 7 nitrogen and oxygen atoms in total. The van der Waals surface area contributed by atoms with Crippen LogP contribution in [-0.2, 0) is 23.1 Å². The van der Waals surface area contributed by atoms with Crippen molar-refractivity contribution in [3.8, 4) is 5.75 Å². The summed E-state index contributed by atoms with van der Waals surface area (Å²) < 4.78 is 35.5. The first-order chi connectivity index (χ1) is 20.6. The Kier molecular flexibility index (Phi) is 10.4. The molecule has 3 aliphatic rings. The number of allylic oxidation sites excluding steroid dienone is 2. The largest absolute Gasteiger partial charge is 0.487 e. The van der Waals surface area contributed by atoms with Gasteiger partial charge in [-0.15, -0.1) is 0 Å². The molecule has 2 aromatic rings. The molecule has 0 radical (unpaired) electrons. The summed E-state index contributed by atoms with van der Waals surface area (Å²) >= 11 is 6.32. The summed E-state index contributed by atoms with van der Waals surface area (Å²) in [5.41, 5.74) is 3.41. The van der Waals surface area contributed by atoms with Crippen molar-refractivity contribution < 1.29 is 23.1 Å². The molecule has 5 rings (SSSR count). The van der Waals surface area contributed by atoms with Gasteiger partial charge in [0.05, 0.1) is 10.9 Å². The van der Waals surface area contributed by atoms with E-state index in [1.165, 1.54) is 5.56 Å². The third-order valence-corrected chi connectivity index (χ3v) is 11.9. The number of halogens is 1. The molecule has 1 fully saturated rings. The Balaban J connectivity index is 1.52. The molecule has 9 heteroatoms. The van der Waals surface area contributed by atoms with Crippen molar-refractivity contribution >= 4 is 33.2 Å². The summed E-state index contributed by atoms with van der Waals surface area (Å²) in [7, 11) is -3.92. The van der Waals surface area contributed by atoms with Crippen LogP contribution in [0.25, 0.3) is 0 Å². The van der Waals surface area contributed by atoms with Gasteiger partial charge in [0, 0.05) is 30.3 Å². The molecule has 1 aliphatic carbocycles. The fourth-order valence-corrected chi connectivity index (χ4v) is 8.12. The quantitative estimate of drug-likeness (QED) is 0.376. The summed E-state index contributed by atoms with van der Waals surface area (Å²) in [5, 5.41) is 9.45. The van der Waals surface area contributed by atoms with Crippen LogP contribution < -0.4 is 14.4 Å². The number of rotatable bonds is 3. The second-order valence-electron chi connectivity index (χ2n) is 12.7. The molecular formula is C34H45ClN2O5S. The number of fused-ring (bicyclic) bond motifs is 3. The van der Waals surface area contributed by atoms with E-state index in [0.717, 1.165) is 67.9 Å². The van der Waals surface area contributed by atoms with Gasteiger partial charge in [-0.25, -0.2) is 13.1 Å². The van der Waals surface area contributed by atoms with E-state index in [9.17, 15) is 18.3 Å². The summed E-state index contributed by atoms with van der Waals surface area (Å²) in [6, 6.07) is 11.2. The van der Waals surface area contributed by atoms with Gasteiger partial charge >= 0.3 is 0 Å². The van der Waals surface area contributed by atoms with Crippen LogP contribution in [0.1, 0.15) is 80.3 Å². The monoisotopic (exact) mass is 628 g/mol. The maximum Gasteiger partial charge on any atom is 0.264 e. The van der Waals surface area contributed by atoms with Crippen LogP contribution in [0, 0.1) is 23.7 Å². The smallest absolute Gasteiger partial charge is 0.264 e. The molecule has 234 valence electrons. The maximum atomic E-state index is 13.4. The first-order valence-electron chi connectivity index (χ1n) is 15.8. The van der Waals surface area contributed by atoms with E-state index >= 15 is 0 Å². The van der Waals surface area contributed by atoms with Gasteiger partial charge in [-0.3, -0.25) is 4.79 Å². The van der Waals surface area contributed by atoms with Crippen LogP contribution in [0.3, 0.4) is 0 Å². The highest BCUT2D eigenvalue weighted by Crippen LogP contribution is 2.40. The lowest BCUT2D eigenvalue weighted by Gasteiger charge is -2.40. The molecule has 43 heavy (non-hydrogen) atoms. The second kappa shape index (κ2) is 14.0. The van der Waals surface area contributed by atoms with Crippen LogP contribution in [0.15, 0.2) is 48.6 Å². The normalized spacial score (nSPS) is 28.6. The van der Waals surface area contributed by atoms with Gasteiger partial charge in [-0.2, -0.15) is 0 Å². The molecule has 1 amide bonds. The minimum atomic E-state index is -3.92. The standard InChI is InChI=1S/C34H45ClN2O5S/c1-23-18-25(6-5-17-38)8-9-26-10-11-29(26)21-37-16-4-3-7-27-19-31(35)14-12-30(27)22-42-33-15-13-28(20-32(33)37)34(39)36-43(40,41)24(23)2/h8-9,12-15,19-20,23-26,29,38H,3-7,10-11,16-18,21-22H2,1-2H3,(H,36,39)/b9-8+/t23-,24+,25+,26+,29-/m0/s1. The third kappa shape index (κ3) is 7.76. The van der Waals surface area contributed by atoms with Gasteiger partial charge in [0.25, 0.3) is 5.91 Å². The molecule has 2 N–H and O–H groups in total. The van der Waals surface area contributed by atoms with E-state index < -0.39 is 21.2 Å². The van der Waals surface area contributed by atoms with Crippen molar-refractivity contribution in [2.24, 2.45) is 23.7 Å². The number of amides is 1. The number of ether oxygens (including phenoxy) is 1. The highest BCUT2D eigenvalue weighted by atomic mass is 35.5. The highest BCUT2D eigenvalue weighted by molar-refractivity contribution is 7.90. The van der Waals surface area contributed by atoms with Gasteiger partial charge in [-0.1, -0.05) is 36.7 Å². The number of aryl methyl sites for hydroxylation is 1. The number of sulfonamides is 1. The average molecular weight is 629 g/mol. The lowest BCUT2D eigenvalue weighted by molar-refractivity contribution is 0.0980. The van der Waals surface area contributed by atoms with E-state index in [1.54, 1.807) is 25.1 Å². The van der Waals surface area contributed by atoms with E-state index in [1.807, 2.05) is 25.1 Å². The Morgan fingerprint density at radius 1 is 1.07 bits per heavy atom. The SMILES string of the molecule is C[C@@H]1[C@@H](C)C[C@H](CCCO)/C=C/[C@@H]2CC[C@H]2CN2CCCCc3cc(Cl)ccc3COc3ccc(cc32)C(=O)NS1(=O)=O. The van der Waals surface area contributed by atoms with Gasteiger partial charge in [0.1, 0.15) is 12.4 Å². The molecule has 2 heterocycles. The lowest BCUT2D eigenvalue weighted by Crippen LogP contribution is -2.41. The van der Waals surface area contributed by atoms with Crippen molar-refractivity contribution in [1.29, 1.82) is 0 Å². The highest BCUT2D eigenvalue weighted by Gasteiger charge is 2.34. The van der Waals surface area contributed by atoms with E-state index in [2.05, 4.69) is 21.8 Å². The summed E-state index contributed by atoms with van der Waals surface area (Å²) in [4.78, 5) is 15.8. The van der Waals surface area contributed by atoms with Gasteiger partial charge < -0.3 is 14.7 Å². The number of hydrogen-bond acceptors (Lipinski definition) is 6. The third-order valence-electron chi connectivity index (χ3n) is 9.73. The fourth-order valence-electron chi connectivity index (χ4n) is 6.64. The molecule has 1 saturated carbocycles. The van der Waals surface area contributed by atoms with Crippen LogP contribution in [0.2, 0.25) is 5.02 Å². The minimum Gasteiger partial charge on any atom is -0.487 e. The van der Waals surface area contributed by atoms with Gasteiger partial charge in [0.2, 0.25) is 10.0 Å². The topological polar surface area (TPSA) is 95.9 Å². The molecule has 5 atom stereocenters. The average Bonchev–Trinajstić information content (AvgIpc) is 2.99. The number of benzene rings is 2. The number of anilines is 1. The zero-order chi connectivity index (χ0) is 30.6. The zero-order valence-electron chi connectivity index (χ0n) is 25.3. The van der Waals surface area contributed by atoms with Crippen LogP contribution in [0.4, 0.5) is 5.69 Å². The molecule has 0 unspecified atom stereocenters.